The molecule has 2 aromatic heterocycles. The summed E-state index contributed by atoms with van der Waals surface area (Å²) in [5, 5.41) is 0. The van der Waals surface area contributed by atoms with Gasteiger partial charge in [-0.2, -0.15) is 13.2 Å². The van der Waals surface area contributed by atoms with Crippen LogP contribution in [0.1, 0.15) is 17.0 Å². The molecule has 0 N–H and O–H groups in total. The normalized spacial score (nSPS) is 14.7. The fourth-order valence-electron chi connectivity index (χ4n) is 3.00. The zero-order valence-corrected chi connectivity index (χ0v) is 14.2. The van der Waals surface area contributed by atoms with Crippen molar-refractivity contribution >= 4 is 17.2 Å². The number of alkyl halides is 3. The van der Waals surface area contributed by atoms with Gasteiger partial charge in [0.1, 0.15) is 17.2 Å². The van der Waals surface area contributed by atoms with Crippen LogP contribution in [0, 0.1) is 12.7 Å². The van der Waals surface area contributed by atoms with E-state index in [1.54, 1.807) is 23.1 Å². The maximum Gasteiger partial charge on any atom is 0.435 e. The topological polar surface area (TPSA) is 32.9 Å². The Morgan fingerprint density at radius 1 is 1.04 bits per heavy atom. The van der Waals surface area contributed by atoms with Gasteiger partial charge in [0, 0.05) is 24.6 Å². The third kappa shape index (κ3) is 3.07. The molecule has 0 saturated carbocycles. The lowest BCUT2D eigenvalue weighted by Gasteiger charge is -2.27. The van der Waals surface area contributed by atoms with E-state index in [1.165, 1.54) is 12.3 Å². The first-order valence-corrected chi connectivity index (χ1v) is 8.17. The molecule has 4 nitrogen and oxygen atoms in total. The first-order valence-electron chi connectivity index (χ1n) is 8.17. The fourth-order valence-corrected chi connectivity index (χ4v) is 3.00. The van der Waals surface area contributed by atoms with E-state index in [2.05, 4.69) is 9.98 Å². The highest BCUT2D eigenvalue weighted by molar-refractivity contribution is 6.11. The van der Waals surface area contributed by atoms with Gasteiger partial charge in [0.2, 0.25) is 0 Å². The number of imidazole rings is 1. The largest absolute Gasteiger partial charge is 0.435 e. The van der Waals surface area contributed by atoms with E-state index in [0.29, 0.717) is 12.2 Å². The number of hydrogen-bond acceptors (Lipinski definition) is 3. The molecule has 138 valence electrons. The Morgan fingerprint density at radius 3 is 2.48 bits per heavy atom. The van der Waals surface area contributed by atoms with Gasteiger partial charge in [0.25, 0.3) is 0 Å². The molecule has 0 bridgehead atoms. The molecule has 8 heteroatoms. The summed E-state index contributed by atoms with van der Waals surface area (Å²) in [6.45, 7) is 2.26. The predicted octanol–water partition coefficient (Wildman–Crippen LogP) is 4.58. The van der Waals surface area contributed by atoms with Crippen molar-refractivity contribution in [2.24, 2.45) is 4.99 Å². The second-order valence-electron chi connectivity index (χ2n) is 6.17. The molecule has 0 amide bonds. The van der Waals surface area contributed by atoms with E-state index < -0.39 is 17.7 Å². The molecule has 0 spiro atoms. The molecule has 1 aliphatic heterocycles. The highest BCUT2D eigenvalue weighted by Crippen LogP contribution is 2.34. The molecule has 0 atom stereocenters. The quantitative estimate of drug-likeness (QED) is 0.615. The summed E-state index contributed by atoms with van der Waals surface area (Å²) in [6.07, 6.45) is -0.541. The zero-order valence-electron chi connectivity index (χ0n) is 14.2. The standard InChI is InChI=1S/C19H14F4N4/c1-12-3-6-14(7-4-12)26-10-2-9-24-18(26)16-17(19(21,22)23)25-15-8-5-13(20)11-27(15)16/h2-9,11H,10H2,1H3. The highest BCUT2D eigenvalue weighted by Gasteiger charge is 2.40. The number of hydrogen-bond donors (Lipinski definition) is 0. The average molecular weight is 374 g/mol. The van der Waals surface area contributed by atoms with Crippen LogP contribution in [-0.2, 0) is 6.18 Å². The Balaban J connectivity index is 1.96. The monoisotopic (exact) mass is 374 g/mol. The summed E-state index contributed by atoms with van der Waals surface area (Å²) in [4.78, 5) is 9.51. The summed E-state index contributed by atoms with van der Waals surface area (Å²) < 4.78 is 55.8. The molecule has 0 aliphatic carbocycles. The SMILES string of the molecule is Cc1ccc(N2CC=CN=C2c2c(C(F)(F)F)nc3ccc(F)cn23)cc1. The van der Waals surface area contributed by atoms with Gasteiger partial charge in [-0.15, -0.1) is 0 Å². The van der Waals surface area contributed by atoms with Crippen molar-refractivity contribution in [2.75, 3.05) is 11.4 Å². The van der Waals surface area contributed by atoms with Crippen LogP contribution in [0.4, 0.5) is 23.2 Å². The number of fused-ring (bicyclic) bond motifs is 1. The Labute approximate surface area is 152 Å². The van der Waals surface area contributed by atoms with E-state index in [-0.39, 0.29) is 17.2 Å². The van der Waals surface area contributed by atoms with Crippen LogP contribution in [-0.4, -0.2) is 21.8 Å². The van der Waals surface area contributed by atoms with Gasteiger partial charge in [-0.05, 0) is 37.3 Å². The molecular formula is C19H14F4N4. The van der Waals surface area contributed by atoms with Crippen molar-refractivity contribution in [3.63, 3.8) is 0 Å². The van der Waals surface area contributed by atoms with Crippen LogP contribution in [0.5, 0.6) is 0 Å². The maximum atomic E-state index is 13.8. The van der Waals surface area contributed by atoms with Crippen LogP contribution in [0.15, 0.2) is 59.9 Å². The lowest BCUT2D eigenvalue weighted by molar-refractivity contribution is -0.140. The number of nitrogens with zero attached hydrogens (tertiary/aromatic N) is 4. The van der Waals surface area contributed by atoms with Gasteiger partial charge in [0.15, 0.2) is 11.5 Å². The Hall–Kier alpha value is -3.16. The number of aryl methyl sites for hydroxylation is 1. The molecule has 1 aliphatic rings. The minimum atomic E-state index is -4.71. The molecule has 0 radical (unpaired) electrons. The van der Waals surface area contributed by atoms with Gasteiger partial charge in [-0.1, -0.05) is 17.7 Å². The summed E-state index contributed by atoms with van der Waals surface area (Å²) in [5.74, 6) is -0.601. The number of pyridine rings is 1. The fraction of sp³-hybridized carbons (Fsp3) is 0.158. The molecule has 3 heterocycles. The van der Waals surface area contributed by atoms with Gasteiger partial charge in [-0.3, -0.25) is 4.40 Å². The van der Waals surface area contributed by atoms with Gasteiger partial charge < -0.3 is 4.90 Å². The lowest BCUT2D eigenvalue weighted by atomic mass is 10.1. The summed E-state index contributed by atoms with van der Waals surface area (Å²) in [6, 6.07) is 9.63. The molecule has 27 heavy (non-hydrogen) atoms. The number of anilines is 1. The molecule has 0 fully saturated rings. The third-order valence-corrected chi connectivity index (χ3v) is 4.25. The third-order valence-electron chi connectivity index (χ3n) is 4.25. The van der Waals surface area contributed by atoms with E-state index >= 15 is 0 Å². The second-order valence-corrected chi connectivity index (χ2v) is 6.17. The Kier molecular flexibility index (Phi) is 3.98. The number of benzene rings is 1. The van der Waals surface area contributed by atoms with E-state index in [1.807, 2.05) is 19.1 Å². The molecule has 0 saturated heterocycles. The Morgan fingerprint density at radius 2 is 1.78 bits per heavy atom. The van der Waals surface area contributed by atoms with Gasteiger partial charge in [-0.25, -0.2) is 14.4 Å². The molecule has 1 aromatic carbocycles. The molecule has 3 aromatic rings. The molecule has 4 rings (SSSR count). The van der Waals surface area contributed by atoms with Crippen molar-refractivity contribution < 1.29 is 17.6 Å². The van der Waals surface area contributed by atoms with Gasteiger partial charge >= 0.3 is 6.18 Å². The van der Waals surface area contributed by atoms with Crippen molar-refractivity contribution in [2.45, 2.75) is 13.1 Å². The van der Waals surface area contributed by atoms with Crippen LogP contribution >= 0.6 is 0 Å². The summed E-state index contributed by atoms with van der Waals surface area (Å²) >= 11 is 0. The summed E-state index contributed by atoms with van der Waals surface area (Å²) in [7, 11) is 0. The first kappa shape index (κ1) is 17.3. The number of aliphatic imine (C=N–C) groups is 1. The van der Waals surface area contributed by atoms with Crippen molar-refractivity contribution in [1.82, 2.24) is 9.38 Å². The molecule has 0 unspecified atom stereocenters. The van der Waals surface area contributed by atoms with Crippen molar-refractivity contribution in [3.05, 3.63) is 77.6 Å². The number of amidine groups is 1. The number of aromatic nitrogens is 2. The Bertz CT molecular complexity index is 1060. The average Bonchev–Trinajstić information content (AvgIpc) is 3.01. The van der Waals surface area contributed by atoms with E-state index in [9.17, 15) is 17.6 Å². The summed E-state index contributed by atoms with van der Waals surface area (Å²) in [5.41, 5.74) is 0.321. The van der Waals surface area contributed by atoms with Crippen molar-refractivity contribution in [1.29, 1.82) is 0 Å². The van der Waals surface area contributed by atoms with Crippen molar-refractivity contribution in [3.8, 4) is 0 Å². The minimum Gasteiger partial charge on any atom is -0.321 e. The predicted molar refractivity (Wildman–Crippen MR) is 94.4 cm³/mol. The minimum absolute atomic E-state index is 0.000154. The maximum absolute atomic E-state index is 13.8. The van der Waals surface area contributed by atoms with Gasteiger partial charge in [0.05, 0.1) is 0 Å². The lowest BCUT2D eigenvalue weighted by Crippen LogP contribution is -2.35. The molecular weight excluding hydrogens is 360 g/mol. The smallest absolute Gasteiger partial charge is 0.321 e. The van der Waals surface area contributed by atoms with E-state index in [4.69, 9.17) is 0 Å². The highest BCUT2D eigenvalue weighted by atomic mass is 19.4. The van der Waals surface area contributed by atoms with Crippen LogP contribution in [0.3, 0.4) is 0 Å². The number of rotatable bonds is 2. The zero-order chi connectivity index (χ0) is 19.2. The van der Waals surface area contributed by atoms with Crippen LogP contribution in [0.25, 0.3) is 5.65 Å². The van der Waals surface area contributed by atoms with Crippen LogP contribution in [0.2, 0.25) is 0 Å². The number of halogens is 4. The van der Waals surface area contributed by atoms with E-state index in [0.717, 1.165) is 22.2 Å². The second kappa shape index (κ2) is 6.22. The van der Waals surface area contributed by atoms with Crippen LogP contribution < -0.4 is 4.90 Å². The first-order chi connectivity index (χ1) is 12.8.